The summed E-state index contributed by atoms with van der Waals surface area (Å²) in [5.74, 6) is -0.571. The third-order valence-corrected chi connectivity index (χ3v) is 1.90. The van der Waals surface area contributed by atoms with Gasteiger partial charge < -0.3 is 9.84 Å². The minimum atomic E-state index is -1.08. The van der Waals surface area contributed by atoms with E-state index >= 15 is 0 Å². The lowest BCUT2D eigenvalue weighted by atomic mass is 10.3. The molecule has 2 aromatic heterocycles. The van der Waals surface area contributed by atoms with Crippen molar-refractivity contribution in [3.05, 3.63) is 36.3 Å². The number of aryl methyl sites for hydroxylation is 1. The summed E-state index contributed by atoms with van der Waals surface area (Å²) in [7, 11) is 1.74. The van der Waals surface area contributed by atoms with E-state index in [4.69, 9.17) is 9.84 Å². The van der Waals surface area contributed by atoms with E-state index in [0.29, 0.717) is 5.75 Å². The second kappa shape index (κ2) is 4.01. The summed E-state index contributed by atoms with van der Waals surface area (Å²) in [6, 6.07) is 2.97. The molecule has 0 aliphatic heterocycles. The molecule has 0 atom stereocenters. The number of hydrogen-bond donors (Lipinski definition) is 1. The molecule has 0 aliphatic rings. The van der Waals surface area contributed by atoms with Crippen molar-refractivity contribution in [3.8, 4) is 11.6 Å². The molecule has 0 unspecified atom stereocenters. The van der Waals surface area contributed by atoms with Crippen LogP contribution >= 0.6 is 0 Å². The molecule has 6 nitrogen and oxygen atoms in total. The minimum absolute atomic E-state index is 0.0198. The second-order valence-corrected chi connectivity index (χ2v) is 3.11. The van der Waals surface area contributed by atoms with Crippen molar-refractivity contribution in [2.45, 2.75) is 0 Å². The first-order valence-electron chi connectivity index (χ1n) is 4.51. The Bertz CT molecular complexity index is 522. The van der Waals surface area contributed by atoms with Gasteiger partial charge in [0.2, 0.25) is 5.88 Å². The van der Waals surface area contributed by atoms with Gasteiger partial charge >= 0.3 is 5.97 Å². The van der Waals surface area contributed by atoms with E-state index in [0.717, 1.165) is 0 Å². The number of nitrogens with zero attached hydrogens (tertiary/aromatic N) is 3. The average molecular weight is 219 g/mol. The Kier molecular flexibility index (Phi) is 2.55. The number of aromatic carboxylic acids is 1. The zero-order valence-electron chi connectivity index (χ0n) is 8.49. The van der Waals surface area contributed by atoms with Gasteiger partial charge in [0.15, 0.2) is 5.75 Å². The number of carbonyl (C=O) groups is 1. The summed E-state index contributed by atoms with van der Waals surface area (Å²) in [6.45, 7) is 0. The maximum atomic E-state index is 10.9. The molecule has 1 N–H and O–H groups in total. The van der Waals surface area contributed by atoms with E-state index < -0.39 is 5.97 Å². The summed E-state index contributed by atoms with van der Waals surface area (Å²) in [4.78, 5) is 14.7. The maximum absolute atomic E-state index is 10.9. The van der Waals surface area contributed by atoms with Gasteiger partial charge in [-0.25, -0.2) is 9.78 Å². The predicted molar refractivity (Wildman–Crippen MR) is 54.5 cm³/mol. The third kappa shape index (κ3) is 2.00. The van der Waals surface area contributed by atoms with E-state index in [2.05, 4.69) is 10.1 Å². The van der Waals surface area contributed by atoms with Gasteiger partial charge in [0, 0.05) is 13.2 Å². The Morgan fingerprint density at radius 3 is 3.00 bits per heavy atom. The van der Waals surface area contributed by atoms with Gasteiger partial charge in [-0.3, -0.25) is 4.68 Å². The lowest BCUT2D eigenvalue weighted by Gasteiger charge is -2.03. The topological polar surface area (TPSA) is 77.2 Å². The molecule has 0 amide bonds. The lowest BCUT2D eigenvalue weighted by molar-refractivity contribution is 0.0693. The molecule has 0 aliphatic carbocycles. The van der Waals surface area contributed by atoms with Gasteiger partial charge in [0.1, 0.15) is 5.56 Å². The molecular weight excluding hydrogens is 210 g/mol. The molecule has 0 bridgehead atoms. The molecule has 2 heterocycles. The molecule has 82 valence electrons. The van der Waals surface area contributed by atoms with E-state index in [1.807, 2.05) is 0 Å². The van der Waals surface area contributed by atoms with Gasteiger partial charge in [0.25, 0.3) is 0 Å². The average Bonchev–Trinajstić information content (AvgIpc) is 2.64. The standard InChI is InChI=1S/C10H9N3O3/c1-13-6-7(5-12-13)16-9-8(10(14)15)3-2-4-11-9/h2-6H,1H3,(H,14,15). The molecule has 0 saturated carbocycles. The van der Waals surface area contributed by atoms with Crippen molar-refractivity contribution >= 4 is 5.97 Å². The third-order valence-electron chi connectivity index (χ3n) is 1.90. The SMILES string of the molecule is Cn1cc(Oc2ncccc2C(=O)O)cn1. The number of ether oxygens (including phenoxy) is 1. The monoisotopic (exact) mass is 219 g/mol. The van der Waals surface area contributed by atoms with Crippen LogP contribution in [-0.4, -0.2) is 25.8 Å². The van der Waals surface area contributed by atoms with Crippen LogP contribution in [0.4, 0.5) is 0 Å². The van der Waals surface area contributed by atoms with Crippen molar-refractivity contribution in [3.63, 3.8) is 0 Å². The number of rotatable bonds is 3. The van der Waals surface area contributed by atoms with Crippen molar-refractivity contribution in [1.82, 2.24) is 14.8 Å². The largest absolute Gasteiger partial charge is 0.477 e. The first-order chi connectivity index (χ1) is 7.66. The number of carboxylic acid groups (broad SMARTS) is 1. The lowest BCUT2D eigenvalue weighted by Crippen LogP contribution is -2.01. The summed E-state index contributed by atoms with van der Waals surface area (Å²) in [5, 5.41) is 12.8. The maximum Gasteiger partial charge on any atom is 0.341 e. The second-order valence-electron chi connectivity index (χ2n) is 3.11. The van der Waals surface area contributed by atoms with Crippen LogP contribution in [0, 0.1) is 0 Å². The summed E-state index contributed by atoms with van der Waals surface area (Å²) >= 11 is 0. The molecule has 0 spiro atoms. The molecule has 2 aromatic rings. The zero-order chi connectivity index (χ0) is 11.5. The number of aromatic nitrogens is 3. The van der Waals surface area contributed by atoms with Gasteiger partial charge in [-0.15, -0.1) is 0 Å². The first kappa shape index (κ1) is 10.2. The van der Waals surface area contributed by atoms with Crippen LogP contribution in [0.25, 0.3) is 0 Å². The quantitative estimate of drug-likeness (QED) is 0.841. The van der Waals surface area contributed by atoms with E-state index in [1.54, 1.807) is 24.0 Å². The highest BCUT2D eigenvalue weighted by atomic mass is 16.5. The summed E-state index contributed by atoms with van der Waals surface area (Å²) in [5.41, 5.74) is 0.0198. The fourth-order valence-corrected chi connectivity index (χ4v) is 1.20. The van der Waals surface area contributed by atoms with Crippen LogP contribution in [0.2, 0.25) is 0 Å². The number of hydrogen-bond acceptors (Lipinski definition) is 4. The molecule has 0 fully saturated rings. The molecule has 6 heteroatoms. The fourth-order valence-electron chi connectivity index (χ4n) is 1.20. The van der Waals surface area contributed by atoms with Crippen LogP contribution in [0.1, 0.15) is 10.4 Å². The summed E-state index contributed by atoms with van der Waals surface area (Å²) < 4.78 is 6.87. The van der Waals surface area contributed by atoms with Gasteiger partial charge in [-0.2, -0.15) is 5.10 Å². The van der Waals surface area contributed by atoms with E-state index in [1.165, 1.54) is 18.5 Å². The highest BCUT2D eigenvalue weighted by molar-refractivity contribution is 5.90. The molecule has 16 heavy (non-hydrogen) atoms. The molecule has 2 rings (SSSR count). The van der Waals surface area contributed by atoms with Crippen molar-refractivity contribution in [1.29, 1.82) is 0 Å². The van der Waals surface area contributed by atoms with E-state index in [9.17, 15) is 4.79 Å². The van der Waals surface area contributed by atoms with Gasteiger partial charge in [-0.05, 0) is 12.1 Å². The van der Waals surface area contributed by atoms with E-state index in [-0.39, 0.29) is 11.4 Å². The Labute approximate surface area is 91.1 Å². The Hall–Kier alpha value is -2.37. The Morgan fingerprint density at radius 2 is 2.38 bits per heavy atom. The molecule has 0 saturated heterocycles. The first-order valence-corrected chi connectivity index (χ1v) is 4.51. The Balaban J connectivity index is 2.31. The van der Waals surface area contributed by atoms with Crippen LogP contribution < -0.4 is 4.74 Å². The normalized spacial score (nSPS) is 10.1. The molecule has 0 aromatic carbocycles. The fraction of sp³-hybridized carbons (Fsp3) is 0.100. The smallest absolute Gasteiger partial charge is 0.341 e. The van der Waals surface area contributed by atoms with Crippen LogP contribution in [0.15, 0.2) is 30.7 Å². The number of carboxylic acids is 1. The van der Waals surface area contributed by atoms with Crippen LogP contribution in [-0.2, 0) is 7.05 Å². The molecule has 0 radical (unpaired) electrons. The molecular formula is C10H9N3O3. The predicted octanol–water partition coefficient (Wildman–Crippen LogP) is 1.31. The number of pyridine rings is 1. The Morgan fingerprint density at radius 1 is 1.56 bits per heavy atom. The van der Waals surface area contributed by atoms with Crippen molar-refractivity contribution in [2.24, 2.45) is 7.05 Å². The van der Waals surface area contributed by atoms with Crippen LogP contribution in [0.3, 0.4) is 0 Å². The zero-order valence-corrected chi connectivity index (χ0v) is 8.49. The van der Waals surface area contributed by atoms with Gasteiger partial charge in [-0.1, -0.05) is 0 Å². The van der Waals surface area contributed by atoms with Gasteiger partial charge in [0.05, 0.1) is 12.4 Å². The van der Waals surface area contributed by atoms with Crippen molar-refractivity contribution in [2.75, 3.05) is 0 Å². The van der Waals surface area contributed by atoms with Crippen molar-refractivity contribution < 1.29 is 14.6 Å². The summed E-state index contributed by atoms with van der Waals surface area (Å²) in [6.07, 6.45) is 4.58. The highest BCUT2D eigenvalue weighted by Gasteiger charge is 2.12. The van der Waals surface area contributed by atoms with Crippen LogP contribution in [0.5, 0.6) is 11.6 Å². The highest BCUT2D eigenvalue weighted by Crippen LogP contribution is 2.21. The minimum Gasteiger partial charge on any atom is -0.477 e.